The molecule has 0 saturated carbocycles. The molecule has 3 heteroatoms. The Morgan fingerprint density at radius 3 is 2.75 bits per heavy atom. The first-order valence-corrected chi connectivity index (χ1v) is 7.44. The lowest BCUT2D eigenvalue weighted by Crippen LogP contribution is -2.29. The maximum atomic E-state index is 10.4. The van der Waals surface area contributed by atoms with E-state index in [-0.39, 0.29) is 0 Å². The van der Waals surface area contributed by atoms with Gasteiger partial charge in [-0.15, -0.1) is 0 Å². The summed E-state index contributed by atoms with van der Waals surface area (Å²) in [6.07, 6.45) is 0.790. The van der Waals surface area contributed by atoms with Crippen LogP contribution in [0.5, 0.6) is 5.75 Å². The van der Waals surface area contributed by atoms with Crippen LogP contribution in [0.15, 0.2) is 24.3 Å². The summed E-state index contributed by atoms with van der Waals surface area (Å²) in [7, 11) is 1.65. The molecule has 1 saturated heterocycles. The van der Waals surface area contributed by atoms with Crippen LogP contribution in [0.3, 0.4) is 0 Å². The third kappa shape index (κ3) is 3.74. The first-order chi connectivity index (χ1) is 9.40. The topological polar surface area (TPSA) is 32.7 Å². The van der Waals surface area contributed by atoms with Gasteiger partial charge in [0, 0.05) is 13.1 Å². The van der Waals surface area contributed by atoms with Gasteiger partial charge < -0.3 is 14.7 Å². The lowest BCUT2D eigenvalue weighted by atomic mass is 9.80. The number of likely N-dealkylation sites (tertiary alicyclic amines) is 1. The highest BCUT2D eigenvalue weighted by atomic mass is 16.5. The number of rotatable bonds is 4. The maximum Gasteiger partial charge on any atom is 0.119 e. The molecule has 0 aliphatic carbocycles. The second-order valence-electron chi connectivity index (χ2n) is 6.90. The predicted octanol–water partition coefficient (Wildman–Crippen LogP) is 3.10. The van der Waals surface area contributed by atoms with E-state index in [4.69, 9.17) is 4.74 Å². The lowest BCUT2D eigenvalue weighted by Gasteiger charge is -2.27. The van der Waals surface area contributed by atoms with Crippen molar-refractivity contribution in [3.8, 4) is 5.75 Å². The highest BCUT2D eigenvalue weighted by molar-refractivity contribution is 5.29. The van der Waals surface area contributed by atoms with Crippen molar-refractivity contribution in [1.29, 1.82) is 0 Å². The van der Waals surface area contributed by atoms with Gasteiger partial charge in [-0.25, -0.2) is 0 Å². The summed E-state index contributed by atoms with van der Waals surface area (Å²) in [5.74, 6) is 1.52. The molecule has 2 unspecified atom stereocenters. The molecule has 1 heterocycles. The third-order valence-corrected chi connectivity index (χ3v) is 4.41. The lowest BCUT2D eigenvalue weighted by molar-refractivity contribution is 0.118. The molecule has 0 amide bonds. The van der Waals surface area contributed by atoms with Crippen molar-refractivity contribution in [2.24, 2.45) is 11.3 Å². The molecule has 20 heavy (non-hydrogen) atoms. The quantitative estimate of drug-likeness (QED) is 0.918. The molecule has 0 bridgehead atoms. The highest BCUT2D eigenvalue weighted by Gasteiger charge is 2.32. The average molecular weight is 277 g/mol. The van der Waals surface area contributed by atoms with Gasteiger partial charge in [0.15, 0.2) is 0 Å². The molecular formula is C17H27NO2. The summed E-state index contributed by atoms with van der Waals surface area (Å²) >= 11 is 0. The van der Waals surface area contributed by atoms with E-state index >= 15 is 0 Å². The Morgan fingerprint density at radius 1 is 1.40 bits per heavy atom. The van der Waals surface area contributed by atoms with E-state index in [0.717, 1.165) is 30.3 Å². The summed E-state index contributed by atoms with van der Waals surface area (Å²) < 4.78 is 5.21. The fourth-order valence-electron chi connectivity index (χ4n) is 2.90. The van der Waals surface area contributed by atoms with E-state index in [1.807, 2.05) is 24.3 Å². The van der Waals surface area contributed by atoms with Crippen LogP contribution >= 0.6 is 0 Å². The van der Waals surface area contributed by atoms with Gasteiger partial charge in [-0.2, -0.15) is 0 Å². The van der Waals surface area contributed by atoms with Crippen LogP contribution in [0.4, 0.5) is 0 Å². The first-order valence-electron chi connectivity index (χ1n) is 7.44. The molecule has 0 spiro atoms. The Balaban J connectivity index is 1.93. The fourth-order valence-corrected chi connectivity index (χ4v) is 2.90. The van der Waals surface area contributed by atoms with E-state index < -0.39 is 6.10 Å². The van der Waals surface area contributed by atoms with Gasteiger partial charge in [0.2, 0.25) is 0 Å². The summed E-state index contributed by atoms with van der Waals surface area (Å²) in [5, 5.41) is 10.4. The van der Waals surface area contributed by atoms with Gasteiger partial charge in [0.25, 0.3) is 0 Å². The summed E-state index contributed by atoms with van der Waals surface area (Å²) in [5.41, 5.74) is 1.29. The zero-order chi connectivity index (χ0) is 14.8. The van der Waals surface area contributed by atoms with Crippen LogP contribution in [0, 0.1) is 11.3 Å². The Hall–Kier alpha value is -1.06. The Labute approximate surface area is 122 Å². The highest BCUT2D eigenvalue weighted by Crippen LogP contribution is 2.34. The van der Waals surface area contributed by atoms with Gasteiger partial charge in [-0.3, -0.25) is 0 Å². The Bertz CT molecular complexity index is 439. The third-order valence-electron chi connectivity index (χ3n) is 4.41. The van der Waals surface area contributed by atoms with E-state index in [1.54, 1.807) is 7.11 Å². The van der Waals surface area contributed by atoms with Crippen LogP contribution in [0.25, 0.3) is 0 Å². The van der Waals surface area contributed by atoms with Crippen molar-refractivity contribution in [3.05, 3.63) is 29.8 Å². The van der Waals surface area contributed by atoms with E-state index in [1.165, 1.54) is 6.42 Å². The smallest absolute Gasteiger partial charge is 0.119 e. The molecule has 1 N–H and O–H groups in total. The fraction of sp³-hybridized carbons (Fsp3) is 0.647. The molecule has 1 aliphatic rings. The number of ether oxygens (including phenoxy) is 1. The minimum absolute atomic E-state index is 0.357. The molecule has 1 aromatic carbocycles. The van der Waals surface area contributed by atoms with Crippen LogP contribution in [0.2, 0.25) is 0 Å². The summed E-state index contributed by atoms with van der Waals surface area (Å²) in [6.45, 7) is 9.80. The van der Waals surface area contributed by atoms with Gasteiger partial charge in [0.05, 0.1) is 13.2 Å². The van der Waals surface area contributed by atoms with Crippen molar-refractivity contribution >= 4 is 0 Å². The molecule has 2 rings (SSSR count). The van der Waals surface area contributed by atoms with Crippen molar-refractivity contribution in [1.82, 2.24) is 4.90 Å². The number of nitrogens with zero attached hydrogens (tertiary/aromatic N) is 1. The molecule has 1 aromatic rings. The predicted molar refractivity (Wildman–Crippen MR) is 82.0 cm³/mol. The summed E-state index contributed by atoms with van der Waals surface area (Å²) in [4.78, 5) is 2.38. The van der Waals surface area contributed by atoms with Crippen LogP contribution in [-0.2, 0) is 0 Å². The van der Waals surface area contributed by atoms with Crippen molar-refractivity contribution in [2.75, 3.05) is 26.7 Å². The number of aliphatic hydroxyl groups excluding tert-OH is 1. The van der Waals surface area contributed by atoms with E-state index in [9.17, 15) is 5.11 Å². The second-order valence-corrected chi connectivity index (χ2v) is 6.90. The van der Waals surface area contributed by atoms with E-state index in [0.29, 0.717) is 12.0 Å². The number of aliphatic hydroxyl groups is 1. The molecule has 0 radical (unpaired) electrons. The van der Waals surface area contributed by atoms with Gasteiger partial charge in [-0.1, -0.05) is 32.9 Å². The number of hydrogen-bond acceptors (Lipinski definition) is 3. The molecule has 1 fully saturated rings. The van der Waals surface area contributed by atoms with Crippen LogP contribution in [-0.4, -0.2) is 36.8 Å². The molecular weight excluding hydrogens is 250 g/mol. The number of methoxy groups -OCH3 is 1. The minimum atomic E-state index is -0.441. The largest absolute Gasteiger partial charge is 0.497 e. The number of β-amino-alcohol motifs (C(OH)–C–C–N with tert-alkyl or cyclic N) is 1. The van der Waals surface area contributed by atoms with Crippen molar-refractivity contribution in [2.45, 2.75) is 33.3 Å². The standard InChI is InChI=1S/C17H27NO2/c1-17(2,3)14-8-9-18(11-14)12-16(19)13-6-5-7-15(10-13)20-4/h5-7,10,14,16,19H,8-9,11-12H2,1-4H3. The SMILES string of the molecule is COc1cccc(C(O)CN2CCC(C(C)(C)C)C2)c1. The molecule has 2 atom stereocenters. The second kappa shape index (κ2) is 6.15. The zero-order valence-electron chi connectivity index (χ0n) is 13.1. The van der Waals surface area contributed by atoms with Gasteiger partial charge in [-0.05, 0) is 42.0 Å². The van der Waals surface area contributed by atoms with E-state index in [2.05, 4.69) is 25.7 Å². The zero-order valence-corrected chi connectivity index (χ0v) is 13.1. The van der Waals surface area contributed by atoms with Crippen molar-refractivity contribution in [3.63, 3.8) is 0 Å². The van der Waals surface area contributed by atoms with Gasteiger partial charge >= 0.3 is 0 Å². The molecule has 3 nitrogen and oxygen atoms in total. The maximum absolute atomic E-state index is 10.4. The molecule has 0 aromatic heterocycles. The monoisotopic (exact) mass is 277 g/mol. The molecule has 1 aliphatic heterocycles. The summed E-state index contributed by atoms with van der Waals surface area (Å²) in [6, 6.07) is 7.72. The number of hydrogen-bond donors (Lipinski definition) is 1. The van der Waals surface area contributed by atoms with Crippen molar-refractivity contribution < 1.29 is 9.84 Å². The van der Waals surface area contributed by atoms with Gasteiger partial charge in [0.1, 0.15) is 5.75 Å². The van der Waals surface area contributed by atoms with Crippen LogP contribution < -0.4 is 4.74 Å². The Kier molecular flexibility index (Phi) is 4.71. The molecule has 112 valence electrons. The Morgan fingerprint density at radius 2 is 2.15 bits per heavy atom. The normalized spacial score (nSPS) is 21.9. The minimum Gasteiger partial charge on any atom is -0.497 e. The number of benzene rings is 1. The average Bonchev–Trinajstić information content (AvgIpc) is 2.87. The van der Waals surface area contributed by atoms with Crippen LogP contribution in [0.1, 0.15) is 38.9 Å². The first kappa shape index (κ1) is 15.3.